The molecule has 106 valence electrons. The predicted octanol–water partition coefficient (Wildman–Crippen LogP) is 4.44. The molecular weight excluding hydrogens is 263 g/mol. The van der Waals surface area contributed by atoms with Crippen molar-refractivity contribution in [2.45, 2.75) is 19.4 Å². The van der Waals surface area contributed by atoms with Crippen LogP contribution in [0.25, 0.3) is 11.1 Å². The van der Waals surface area contributed by atoms with Crippen LogP contribution < -0.4 is 5.32 Å². The van der Waals surface area contributed by atoms with Crippen LogP contribution in [-0.2, 0) is 0 Å². The highest BCUT2D eigenvalue weighted by Crippen LogP contribution is 2.27. The van der Waals surface area contributed by atoms with Crippen LogP contribution in [-0.4, -0.2) is 7.05 Å². The summed E-state index contributed by atoms with van der Waals surface area (Å²) in [6.45, 7) is 2.06. The van der Waals surface area contributed by atoms with Crippen molar-refractivity contribution in [3.63, 3.8) is 0 Å². The van der Waals surface area contributed by atoms with Crippen molar-refractivity contribution in [3.05, 3.63) is 59.4 Å². The monoisotopic (exact) mass is 279 g/mol. The van der Waals surface area contributed by atoms with Crippen LogP contribution >= 0.6 is 0 Å². The lowest BCUT2D eigenvalue weighted by Crippen LogP contribution is -2.14. The highest BCUT2D eigenvalue weighted by Gasteiger charge is 2.15. The zero-order chi connectivity index (χ0) is 14.7. The van der Waals surface area contributed by atoms with E-state index in [2.05, 4.69) is 12.2 Å². The molecule has 0 aromatic heterocycles. The maximum Gasteiger partial charge on any atom is 0.195 e. The molecule has 1 atom stereocenters. The number of hydrogen-bond donors (Lipinski definition) is 1. The average Bonchev–Trinajstić information content (AvgIpc) is 2.47. The molecule has 0 spiro atoms. The van der Waals surface area contributed by atoms with Gasteiger partial charge in [-0.15, -0.1) is 0 Å². The van der Waals surface area contributed by atoms with Gasteiger partial charge in [-0.25, -0.2) is 13.2 Å². The molecule has 20 heavy (non-hydrogen) atoms. The Labute approximate surface area is 116 Å². The van der Waals surface area contributed by atoms with Crippen LogP contribution in [0.4, 0.5) is 13.2 Å². The highest BCUT2D eigenvalue weighted by molar-refractivity contribution is 5.64. The molecular formula is C16H16F3N. The van der Waals surface area contributed by atoms with Crippen molar-refractivity contribution >= 4 is 0 Å². The minimum atomic E-state index is -1.44. The van der Waals surface area contributed by atoms with Crippen LogP contribution in [0, 0.1) is 17.5 Å². The number of benzene rings is 2. The van der Waals surface area contributed by atoms with Gasteiger partial charge in [0.25, 0.3) is 0 Å². The Kier molecular flexibility index (Phi) is 4.45. The lowest BCUT2D eigenvalue weighted by atomic mass is 9.99. The van der Waals surface area contributed by atoms with E-state index in [4.69, 9.17) is 0 Å². The van der Waals surface area contributed by atoms with Crippen LogP contribution in [0.3, 0.4) is 0 Å². The van der Waals surface area contributed by atoms with Gasteiger partial charge in [-0.2, -0.15) is 0 Å². The summed E-state index contributed by atoms with van der Waals surface area (Å²) < 4.78 is 39.9. The van der Waals surface area contributed by atoms with Crippen LogP contribution in [0.5, 0.6) is 0 Å². The van der Waals surface area contributed by atoms with Gasteiger partial charge in [-0.05, 0) is 36.7 Å². The summed E-state index contributed by atoms with van der Waals surface area (Å²) in [4.78, 5) is 0. The van der Waals surface area contributed by atoms with Crippen molar-refractivity contribution in [2.75, 3.05) is 7.05 Å². The summed E-state index contributed by atoms with van der Waals surface area (Å²) in [6, 6.07) is 9.55. The van der Waals surface area contributed by atoms with E-state index >= 15 is 0 Å². The van der Waals surface area contributed by atoms with Gasteiger partial charge in [-0.1, -0.05) is 31.2 Å². The first-order valence-corrected chi connectivity index (χ1v) is 6.49. The van der Waals surface area contributed by atoms with Crippen LogP contribution in [0.2, 0.25) is 0 Å². The lowest BCUT2D eigenvalue weighted by molar-refractivity contribution is 0.449. The predicted molar refractivity (Wildman–Crippen MR) is 73.8 cm³/mol. The normalized spacial score (nSPS) is 12.4. The first-order valence-electron chi connectivity index (χ1n) is 6.49. The van der Waals surface area contributed by atoms with Crippen LogP contribution in [0.1, 0.15) is 24.9 Å². The summed E-state index contributed by atoms with van der Waals surface area (Å²) >= 11 is 0. The number of nitrogens with one attached hydrogen (secondary N) is 1. The van der Waals surface area contributed by atoms with Gasteiger partial charge in [0.05, 0.1) is 0 Å². The van der Waals surface area contributed by atoms with Gasteiger partial charge in [0.15, 0.2) is 17.5 Å². The molecule has 4 heteroatoms. The zero-order valence-electron chi connectivity index (χ0n) is 11.4. The standard InChI is InChI=1S/C16H16F3N/c1-3-14(20-2)11-6-4-10(5-7-11)12-8-9-13(17)16(19)15(12)18/h4-9,14,20H,3H2,1-2H3. The zero-order valence-corrected chi connectivity index (χ0v) is 11.4. The topological polar surface area (TPSA) is 12.0 Å². The van der Waals surface area contributed by atoms with Crippen LogP contribution in [0.15, 0.2) is 36.4 Å². The summed E-state index contributed by atoms with van der Waals surface area (Å²) in [5.41, 5.74) is 1.66. The van der Waals surface area contributed by atoms with E-state index in [1.54, 1.807) is 12.1 Å². The van der Waals surface area contributed by atoms with E-state index in [1.807, 2.05) is 19.2 Å². The molecule has 0 aliphatic carbocycles. The second kappa shape index (κ2) is 6.09. The number of hydrogen-bond acceptors (Lipinski definition) is 1. The third-order valence-electron chi connectivity index (χ3n) is 3.42. The third-order valence-corrected chi connectivity index (χ3v) is 3.42. The Hall–Kier alpha value is -1.81. The Morgan fingerprint density at radius 1 is 0.950 bits per heavy atom. The van der Waals surface area contributed by atoms with Crippen molar-refractivity contribution < 1.29 is 13.2 Å². The molecule has 0 radical (unpaired) electrons. The first kappa shape index (κ1) is 14.6. The molecule has 0 saturated carbocycles. The van der Waals surface area contributed by atoms with E-state index in [1.165, 1.54) is 6.07 Å². The minimum Gasteiger partial charge on any atom is -0.313 e. The molecule has 0 heterocycles. The van der Waals surface area contributed by atoms with E-state index in [0.29, 0.717) is 5.56 Å². The fourth-order valence-electron chi connectivity index (χ4n) is 2.25. The molecule has 2 rings (SSSR count). The number of rotatable bonds is 4. The van der Waals surface area contributed by atoms with E-state index in [0.717, 1.165) is 18.1 Å². The van der Waals surface area contributed by atoms with Gasteiger partial charge in [-0.3, -0.25) is 0 Å². The molecule has 0 fully saturated rings. The maximum absolute atomic E-state index is 13.7. The highest BCUT2D eigenvalue weighted by atomic mass is 19.2. The molecule has 0 aliphatic heterocycles. The van der Waals surface area contributed by atoms with Gasteiger partial charge in [0, 0.05) is 11.6 Å². The van der Waals surface area contributed by atoms with E-state index < -0.39 is 17.5 Å². The van der Waals surface area contributed by atoms with Gasteiger partial charge >= 0.3 is 0 Å². The molecule has 0 aliphatic rings. The van der Waals surface area contributed by atoms with Gasteiger partial charge < -0.3 is 5.32 Å². The fraction of sp³-hybridized carbons (Fsp3) is 0.250. The molecule has 0 amide bonds. The second-order valence-electron chi connectivity index (χ2n) is 4.59. The summed E-state index contributed by atoms with van der Waals surface area (Å²) in [6.07, 6.45) is 0.926. The lowest BCUT2D eigenvalue weighted by Gasteiger charge is -2.14. The Bertz CT molecular complexity index is 589. The van der Waals surface area contributed by atoms with E-state index in [9.17, 15) is 13.2 Å². The largest absolute Gasteiger partial charge is 0.313 e. The Morgan fingerprint density at radius 2 is 1.60 bits per heavy atom. The van der Waals surface area contributed by atoms with Crippen molar-refractivity contribution in [1.82, 2.24) is 5.32 Å². The molecule has 1 nitrogen and oxygen atoms in total. The SMILES string of the molecule is CCC(NC)c1ccc(-c2ccc(F)c(F)c2F)cc1. The molecule has 2 aromatic carbocycles. The second-order valence-corrected chi connectivity index (χ2v) is 4.59. The Morgan fingerprint density at radius 3 is 2.15 bits per heavy atom. The maximum atomic E-state index is 13.7. The van der Waals surface area contributed by atoms with E-state index in [-0.39, 0.29) is 11.6 Å². The summed E-state index contributed by atoms with van der Waals surface area (Å²) in [5.74, 6) is -3.77. The molecule has 0 bridgehead atoms. The van der Waals surface area contributed by atoms with Gasteiger partial charge in [0.2, 0.25) is 0 Å². The number of halogens is 3. The van der Waals surface area contributed by atoms with Crippen molar-refractivity contribution in [3.8, 4) is 11.1 Å². The molecule has 0 saturated heterocycles. The first-order chi connectivity index (χ1) is 9.58. The molecule has 2 aromatic rings. The Balaban J connectivity index is 2.38. The quantitative estimate of drug-likeness (QED) is 0.816. The summed E-state index contributed by atoms with van der Waals surface area (Å²) in [7, 11) is 1.87. The average molecular weight is 279 g/mol. The summed E-state index contributed by atoms with van der Waals surface area (Å²) in [5, 5.41) is 3.17. The van der Waals surface area contributed by atoms with Crippen molar-refractivity contribution in [2.24, 2.45) is 0 Å². The third kappa shape index (κ3) is 2.70. The smallest absolute Gasteiger partial charge is 0.195 e. The fourth-order valence-corrected chi connectivity index (χ4v) is 2.25. The van der Waals surface area contributed by atoms with Crippen molar-refractivity contribution in [1.29, 1.82) is 0 Å². The molecule has 1 unspecified atom stereocenters. The minimum absolute atomic E-state index is 0.0629. The molecule has 1 N–H and O–H groups in total. The van der Waals surface area contributed by atoms with Gasteiger partial charge in [0.1, 0.15) is 0 Å².